The standard InChI is InChI=1S/C13H16ClN/c1-3-5-9-15-13(4-2)11-7-6-8-12(14)10-11/h1,6-8,10,13,15H,4-5,9H2,2H3. The molecule has 0 aliphatic carbocycles. The molecule has 0 spiro atoms. The van der Waals surface area contributed by atoms with Crippen molar-refractivity contribution in [1.29, 1.82) is 0 Å². The third-order valence-corrected chi connectivity index (χ3v) is 2.55. The number of rotatable bonds is 5. The lowest BCUT2D eigenvalue weighted by Crippen LogP contribution is -2.21. The molecule has 0 saturated heterocycles. The van der Waals surface area contributed by atoms with Crippen LogP contribution in [0, 0.1) is 12.3 Å². The van der Waals surface area contributed by atoms with Crippen LogP contribution >= 0.6 is 11.6 Å². The minimum Gasteiger partial charge on any atom is -0.309 e. The van der Waals surface area contributed by atoms with E-state index in [1.54, 1.807) is 0 Å². The largest absolute Gasteiger partial charge is 0.309 e. The fourth-order valence-electron chi connectivity index (χ4n) is 1.54. The highest BCUT2D eigenvalue weighted by molar-refractivity contribution is 6.30. The Morgan fingerprint density at radius 3 is 2.93 bits per heavy atom. The molecule has 1 aromatic carbocycles. The van der Waals surface area contributed by atoms with Crippen LogP contribution in [0.15, 0.2) is 24.3 Å². The van der Waals surface area contributed by atoms with Gasteiger partial charge in [-0.15, -0.1) is 12.3 Å². The molecule has 1 atom stereocenters. The average molecular weight is 222 g/mol. The maximum Gasteiger partial charge on any atom is 0.0409 e. The molecule has 0 fully saturated rings. The molecule has 15 heavy (non-hydrogen) atoms. The summed E-state index contributed by atoms with van der Waals surface area (Å²) in [7, 11) is 0. The summed E-state index contributed by atoms with van der Waals surface area (Å²) in [4.78, 5) is 0. The van der Waals surface area contributed by atoms with Crippen molar-refractivity contribution in [3.8, 4) is 12.3 Å². The molecule has 80 valence electrons. The van der Waals surface area contributed by atoms with Gasteiger partial charge >= 0.3 is 0 Å². The summed E-state index contributed by atoms with van der Waals surface area (Å²) in [6.45, 7) is 3.00. The van der Waals surface area contributed by atoms with Gasteiger partial charge in [0.25, 0.3) is 0 Å². The van der Waals surface area contributed by atoms with Crippen molar-refractivity contribution in [3.05, 3.63) is 34.9 Å². The molecular weight excluding hydrogens is 206 g/mol. The van der Waals surface area contributed by atoms with Gasteiger partial charge in [0, 0.05) is 24.0 Å². The van der Waals surface area contributed by atoms with Gasteiger partial charge in [0.2, 0.25) is 0 Å². The minimum absolute atomic E-state index is 0.344. The second-order valence-electron chi connectivity index (χ2n) is 3.42. The third-order valence-electron chi connectivity index (χ3n) is 2.32. The summed E-state index contributed by atoms with van der Waals surface area (Å²) in [6.07, 6.45) is 7.00. The number of nitrogens with one attached hydrogen (secondary N) is 1. The number of hydrogen-bond donors (Lipinski definition) is 1. The maximum absolute atomic E-state index is 5.95. The average Bonchev–Trinajstić information content (AvgIpc) is 2.24. The van der Waals surface area contributed by atoms with Crippen LogP contribution < -0.4 is 5.32 Å². The van der Waals surface area contributed by atoms with E-state index < -0.39 is 0 Å². The molecule has 0 amide bonds. The van der Waals surface area contributed by atoms with Gasteiger partial charge in [0.05, 0.1) is 0 Å². The molecule has 1 unspecified atom stereocenters. The molecule has 0 bridgehead atoms. The highest BCUT2D eigenvalue weighted by atomic mass is 35.5. The van der Waals surface area contributed by atoms with E-state index in [1.165, 1.54) is 5.56 Å². The van der Waals surface area contributed by atoms with Gasteiger partial charge in [0.1, 0.15) is 0 Å². The molecule has 0 aliphatic heterocycles. The Hall–Kier alpha value is -0.970. The normalized spacial score (nSPS) is 12.1. The van der Waals surface area contributed by atoms with Gasteiger partial charge < -0.3 is 5.32 Å². The summed E-state index contributed by atoms with van der Waals surface area (Å²) in [5.41, 5.74) is 1.22. The lowest BCUT2D eigenvalue weighted by Gasteiger charge is -2.16. The van der Waals surface area contributed by atoms with E-state index in [0.29, 0.717) is 6.04 Å². The van der Waals surface area contributed by atoms with Crippen LogP contribution in [0.2, 0.25) is 5.02 Å². The first kappa shape index (κ1) is 12.1. The lowest BCUT2D eigenvalue weighted by molar-refractivity contribution is 0.527. The van der Waals surface area contributed by atoms with E-state index in [0.717, 1.165) is 24.4 Å². The van der Waals surface area contributed by atoms with Crippen LogP contribution in [0.25, 0.3) is 0 Å². The van der Waals surface area contributed by atoms with E-state index in [4.69, 9.17) is 18.0 Å². The first-order valence-electron chi connectivity index (χ1n) is 5.20. The fourth-order valence-corrected chi connectivity index (χ4v) is 1.74. The molecule has 0 saturated carbocycles. The van der Waals surface area contributed by atoms with E-state index in [-0.39, 0.29) is 0 Å². The highest BCUT2D eigenvalue weighted by Gasteiger charge is 2.07. The second kappa shape index (κ2) is 6.50. The van der Waals surface area contributed by atoms with Crippen molar-refractivity contribution in [1.82, 2.24) is 5.32 Å². The number of terminal acetylenes is 1. The van der Waals surface area contributed by atoms with Crippen molar-refractivity contribution >= 4 is 11.6 Å². The molecule has 0 radical (unpaired) electrons. The second-order valence-corrected chi connectivity index (χ2v) is 3.86. The summed E-state index contributed by atoms with van der Waals surface area (Å²) in [6, 6.07) is 8.29. The summed E-state index contributed by atoms with van der Waals surface area (Å²) >= 11 is 5.95. The third kappa shape index (κ3) is 3.95. The molecular formula is C13H16ClN. The van der Waals surface area contributed by atoms with Gasteiger partial charge in [-0.3, -0.25) is 0 Å². The Morgan fingerprint density at radius 2 is 2.33 bits per heavy atom. The summed E-state index contributed by atoms with van der Waals surface area (Å²) < 4.78 is 0. The molecule has 1 N–H and O–H groups in total. The first-order valence-corrected chi connectivity index (χ1v) is 5.58. The molecule has 1 nitrogen and oxygen atoms in total. The SMILES string of the molecule is C#CCCNC(CC)c1cccc(Cl)c1. The Kier molecular flexibility index (Phi) is 5.25. The van der Waals surface area contributed by atoms with Crippen molar-refractivity contribution in [2.75, 3.05) is 6.54 Å². The molecule has 2 heteroatoms. The van der Waals surface area contributed by atoms with E-state index in [9.17, 15) is 0 Å². The van der Waals surface area contributed by atoms with E-state index in [1.807, 2.05) is 18.2 Å². The zero-order chi connectivity index (χ0) is 11.1. The predicted molar refractivity (Wildman–Crippen MR) is 65.9 cm³/mol. The highest BCUT2D eigenvalue weighted by Crippen LogP contribution is 2.19. The van der Waals surface area contributed by atoms with E-state index in [2.05, 4.69) is 24.2 Å². The lowest BCUT2D eigenvalue weighted by atomic mass is 10.0. The smallest absolute Gasteiger partial charge is 0.0409 e. The molecule has 1 aromatic rings. The summed E-state index contributed by atoms with van der Waals surface area (Å²) in [5.74, 6) is 2.62. The van der Waals surface area contributed by atoms with Gasteiger partial charge in [-0.1, -0.05) is 30.7 Å². The van der Waals surface area contributed by atoms with Crippen LogP contribution in [-0.2, 0) is 0 Å². The molecule has 1 rings (SSSR count). The van der Waals surface area contributed by atoms with Crippen molar-refractivity contribution < 1.29 is 0 Å². The zero-order valence-corrected chi connectivity index (χ0v) is 9.72. The molecule has 0 aliphatic rings. The fraction of sp³-hybridized carbons (Fsp3) is 0.385. The van der Waals surface area contributed by atoms with Gasteiger partial charge in [-0.25, -0.2) is 0 Å². The van der Waals surface area contributed by atoms with Gasteiger partial charge in [0.15, 0.2) is 0 Å². The van der Waals surface area contributed by atoms with Crippen LogP contribution in [-0.4, -0.2) is 6.54 Å². The van der Waals surface area contributed by atoms with E-state index >= 15 is 0 Å². The topological polar surface area (TPSA) is 12.0 Å². The zero-order valence-electron chi connectivity index (χ0n) is 8.96. The Balaban J connectivity index is 2.62. The Bertz CT molecular complexity index is 341. The van der Waals surface area contributed by atoms with Crippen molar-refractivity contribution in [2.24, 2.45) is 0 Å². The van der Waals surface area contributed by atoms with Gasteiger partial charge in [-0.2, -0.15) is 0 Å². The number of halogens is 1. The van der Waals surface area contributed by atoms with Crippen LogP contribution in [0.4, 0.5) is 0 Å². The summed E-state index contributed by atoms with van der Waals surface area (Å²) in [5, 5.41) is 4.19. The molecule has 0 heterocycles. The Morgan fingerprint density at radius 1 is 1.53 bits per heavy atom. The minimum atomic E-state index is 0.344. The van der Waals surface area contributed by atoms with Crippen LogP contribution in [0.5, 0.6) is 0 Å². The van der Waals surface area contributed by atoms with Crippen molar-refractivity contribution in [3.63, 3.8) is 0 Å². The molecule has 0 aromatic heterocycles. The maximum atomic E-state index is 5.95. The number of hydrogen-bond acceptors (Lipinski definition) is 1. The first-order chi connectivity index (χ1) is 7.27. The monoisotopic (exact) mass is 221 g/mol. The Labute approximate surface area is 96.8 Å². The number of benzene rings is 1. The van der Waals surface area contributed by atoms with Crippen LogP contribution in [0.3, 0.4) is 0 Å². The predicted octanol–water partition coefficient (Wildman–Crippen LogP) is 3.40. The van der Waals surface area contributed by atoms with Gasteiger partial charge in [-0.05, 0) is 24.1 Å². The van der Waals surface area contributed by atoms with Crippen LogP contribution in [0.1, 0.15) is 31.4 Å². The quantitative estimate of drug-likeness (QED) is 0.594. The van der Waals surface area contributed by atoms with Crippen molar-refractivity contribution in [2.45, 2.75) is 25.8 Å².